The molecule has 3 atom stereocenters. The van der Waals surface area contributed by atoms with Crippen molar-refractivity contribution in [3.8, 4) is 11.5 Å². The van der Waals surface area contributed by atoms with Gasteiger partial charge in [-0.05, 0) is 221 Å². The van der Waals surface area contributed by atoms with Crippen molar-refractivity contribution < 1.29 is 57.9 Å². The molecular formula is C84H119NO12. The lowest BCUT2D eigenvalue weighted by Crippen LogP contribution is -2.35. The van der Waals surface area contributed by atoms with Gasteiger partial charge in [0.25, 0.3) is 0 Å². The van der Waals surface area contributed by atoms with Crippen LogP contribution in [-0.2, 0) is 45.3 Å². The number of aromatic carboxylic acids is 1. The molecule has 7 rings (SSSR count). The number of aliphatic hydroxyl groups is 1. The minimum absolute atomic E-state index is 0.0479. The van der Waals surface area contributed by atoms with Crippen LogP contribution in [0.25, 0.3) is 0 Å². The number of aliphatic hydroxyl groups excluding tert-OH is 1. The molecule has 1 aliphatic rings. The van der Waals surface area contributed by atoms with Crippen LogP contribution >= 0.6 is 0 Å². The van der Waals surface area contributed by atoms with E-state index >= 15 is 0 Å². The second-order valence-corrected chi connectivity index (χ2v) is 29.1. The number of para-hydroxylation sites is 2. The fourth-order valence-corrected chi connectivity index (χ4v) is 8.94. The van der Waals surface area contributed by atoms with Crippen molar-refractivity contribution in [1.29, 1.82) is 0 Å². The summed E-state index contributed by atoms with van der Waals surface area (Å²) in [5.41, 5.74) is 8.09. The Morgan fingerprint density at radius 3 is 1.47 bits per heavy atom. The Kier molecular flexibility index (Phi) is 34.7. The van der Waals surface area contributed by atoms with Crippen molar-refractivity contribution in [2.75, 3.05) is 11.9 Å². The molecule has 1 amide bonds. The number of hydrogen-bond donors (Lipinski definition) is 3. The highest BCUT2D eigenvalue weighted by atomic mass is 16.6. The Hall–Kier alpha value is -7.90. The highest BCUT2D eigenvalue weighted by Gasteiger charge is 2.35. The van der Waals surface area contributed by atoms with E-state index in [1.54, 1.807) is 31.2 Å². The highest BCUT2D eigenvalue weighted by molar-refractivity contribution is 5.94. The van der Waals surface area contributed by atoms with Gasteiger partial charge in [-0.2, -0.15) is 0 Å². The van der Waals surface area contributed by atoms with E-state index in [9.17, 15) is 33.9 Å². The minimum atomic E-state index is -0.870. The van der Waals surface area contributed by atoms with Gasteiger partial charge < -0.3 is 34.5 Å². The van der Waals surface area contributed by atoms with E-state index in [0.717, 1.165) is 79.3 Å². The van der Waals surface area contributed by atoms with Crippen molar-refractivity contribution in [2.24, 2.45) is 27.1 Å². The molecule has 0 radical (unpaired) electrons. The number of benzene rings is 6. The van der Waals surface area contributed by atoms with Crippen LogP contribution in [0.15, 0.2) is 146 Å². The van der Waals surface area contributed by atoms with Crippen LogP contribution < -0.4 is 14.8 Å². The molecule has 532 valence electrons. The second kappa shape index (κ2) is 39.5. The number of aryl methyl sites for hydroxylation is 4. The van der Waals surface area contributed by atoms with E-state index < -0.39 is 22.2 Å². The summed E-state index contributed by atoms with van der Waals surface area (Å²) in [7, 11) is 0. The zero-order chi connectivity index (χ0) is 73.7. The molecule has 3 unspecified atom stereocenters. The van der Waals surface area contributed by atoms with Gasteiger partial charge >= 0.3 is 29.8 Å². The maximum atomic E-state index is 12.2. The summed E-state index contributed by atoms with van der Waals surface area (Å²) in [5, 5.41) is 20.9. The molecule has 6 aromatic carbocycles. The molecule has 0 bridgehead atoms. The van der Waals surface area contributed by atoms with Crippen LogP contribution in [0, 0.1) is 47.8 Å². The van der Waals surface area contributed by atoms with Crippen molar-refractivity contribution in [2.45, 2.75) is 241 Å². The van der Waals surface area contributed by atoms with Crippen LogP contribution in [0.1, 0.15) is 263 Å². The van der Waals surface area contributed by atoms with Gasteiger partial charge in [0, 0.05) is 11.1 Å². The Morgan fingerprint density at radius 2 is 1.00 bits per heavy atom. The van der Waals surface area contributed by atoms with Gasteiger partial charge in [0.2, 0.25) is 5.91 Å². The number of anilines is 1. The molecule has 97 heavy (non-hydrogen) atoms. The third kappa shape index (κ3) is 27.5. The molecule has 0 saturated carbocycles. The second-order valence-electron chi connectivity index (χ2n) is 29.1. The first-order valence-electron chi connectivity index (χ1n) is 34.7. The third-order valence-corrected chi connectivity index (χ3v) is 18.9. The summed E-state index contributed by atoms with van der Waals surface area (Å²) in [4.78, 5) is 70.3. The van der Waals surface area contributed by atoms with E-state index in [4.69, 9.17) is 24.1 Å². The van der Waals surface area contributed by atoms with E-state index in [1.165, 1.54) is 22.3 Å². The number of carboxylic acids is 1. The Labute approximate surface area is 583 Å². The highest BCUT2D eigenvalue weighted by Crippen LogP contribution is 2.36. The number of ether oxygens (including phenoxy) is 4. The lowest BCUT2D eigenvalue weighted by atomic mass is 9.82. The Morgan fingerprint density at radius 1 is 0.526 bits per heavy atom. The average molecular weight is 1330 g/mol. The molecule has 0 spiro atoms. The Balaban J connectivity index is 0.000000398. The first-order valence-corrected chi connectivity index (χ1v) is 34.7. The molecule has 0 fully saturated rings. The SMILES string of the molecule is CCC(C)(C)C(=O)Nc1ccccc1.CCC(C)(C)C(=O)OC(C)c1ccc(C(C)C)cc1.CCC(C)(C)C(=O)OC1CCCc2ccccc21.CCC(C)(C)C(=O)Oc1ccccc1.CCC(C)(C)c1ccc(C(=O)O)cc1.CCC(C)(CO)C(=O)Oc1c(C)cc(C)cc1C. The maximum absolute atomic E-state index is 12.2. The fourth-order valence-electron chi connectivity index (χ4n) is 8.94. The van der Waals surface area contributed by atoms with Crippen molar-refractivity contribution in [3.63, 3.8) is 0 Å². The first kappa shape index (κ1) is 85.2. The molecule has 0 aliphatic heterocycles. The van der Waals surface area contributed by atoms with E-state index in [-0.39, 0.29) is 64.8 Å². The smallest absolute Gasteiger partial charge is 0.335 e. The summed E-state index contributed by atoms with van der Waals surface area (Å²) in [6, 6.07) is 46.4. The topological polar surface area (TPSA) is 192 Å². The predicted molar refractivity (Wildman–Crippen MR) is 395 cm³/mol. The molecule has 1 aliphatic carbocycles. The number of amides is 1. The number of carbonyl (C=O) groups is 6. The largest absolute Gasteiger partial charge is 0.478 e. The Bertz CT molecular complexity index is 3300. The van der Waals surface area contributed by atoms with Gasteiger partial charge in [-0.15, -0.1) is 0 Å². The summed E-state index contributed by atoms with van der Waals surface area (Å²) >= 11 is 0. The number of carboxylic acid groups (broad SMARTS) is 1. The number of hydrogen-bond acceptors (Lipinski definition) is 11. The monoisotopic (exact) mass is 1330 g/mol. The molecule has 3 N–H and O–H groups in total. The van der Waals surface area contributed by atoms with Gasteiger partial charge in [-0.3, -0.25) is 24.0 Å². The molecule has 13 nitrogen and oxygen atoms in total. The normalized spacial score (nSPS) is 13.6. The van der Waals surface area contributed by atoms with Gasteiger partial charge in [-0.1, -0.05) is 198 Å². The minimum Gasteiger partial charge on any atom is -0.478 e. The molecule has 6 aromatic rings. The van der Waals surface area contributed by atoms with E-state index in [2.05, 4.69) is 70.3 Å². The van der Waals surface area contributed by atoms with Crippen LogP contribution in [0.4, 0.5) is 5.69 Å². The van der Waals surface area contributed by atoms with Crippen LogP contribution in [0.3, 0.4) is 0 Å². The van der Waals surface area contributed by atoms with E-state index in [1.807, 2.05) is 209 Å². The predicted octanol–water partition coefficient (Wildman–Crippen LogP) is 21.0. The summed E-state index contributed by atoms with van der Waals surface area (Å²) < 4.78 is 22.0. The molecule has 0 aromatic heterocycles. The lowest BCUT2D eigenvalue weighted by molar-refractivity contribution is -0.161. The first-order chi connectivity index (χ1) is 45.2. The van der Waals surface area contributed by atoms with Gasteiger partial charge in [0.15, 0.2) is 0 Å². The molecule has 0 heterocycles. The molecule has 13 heteroatoms. The van der Waals surface area contributed by atoms with E-state index in [0.29, 0.717) is 29.4 Å². The number of esters is 4. The van der Waals surface area contributed by atoms with Crippen molar-refractivity contribution >= 4 is 41.4 Å². The van der Waals surface area contributed by atoms with Crippen LogP contribution in [-0.4, -0.2) is 52.6 Å². The number of rotatable bonds is 21. The van der Waals surface area contributed by atoms with Crippen molar-refractivity contribution in [3.05, 3.63) is 196 Å². The summed E-state index contributed by atoms with van der Waals surface area (Å²) in [5.74, 6) is 0.191. The molecular weight excluding hydrogens is 1210 g/mol. The van der Waals surface area contributed by atoms with Crippen LogP contribution in [0.5, 0.6) is 11.5 Å². The van der Waals surface area contributed by atoms with Gasteiger partial charge in [0.1, 0.15) is 23.7 Å². The number of carbonyl (C=O) groups excluding carboxylic acids is 5. The quantitative estimate of drug-likeness (QED) is 0.0457. The van der Waals surface area contributed by atoms with Gasteiger partial charge in [0.05, 0.1) is 33.8 Å². The van der Waals surface area contributed by atoms with Crippen LogP contribution in [0.2, 0.25) is 0 Å². The lowest BCUT2D eigenvalue weighted by Gasteiger charge is -2.29. The van der Waals surface area contributed by atoms with Crippen molar-refractivity contribution in [1.82, 2.24) is 0 Å². The third-order valence-electron chi connectivity index (χ3n) is 18.9. The zero-order valence-corrected chi connectivity index (χ0v) is 63.1. The fraction of sp³-hybridized carbons (Fsp3) is 0.500. The number of fused-ring (bicyclic) bond motifs is 1. The molecule has 0 saturated heterocycles. The summed E-state index contributed by atoms with van der Waals surface area (Å²) in [6.45, 7) is 45.4. The standard InChI is InChI=1S/C17H26O2.C16H22O2.C15H22O3.C12H17NO.2C12H16O2/c1-7-17(5,6)16(18)19-13(4)15-10-8-14(9-11-15)12(2)3;1-4-16(2,3)15(17)18-14-11-7-9-12-8-5-6-10-13(12)14;1-6-15(5,9-16)14(17)18-13-11(3)7-10(2)8-12(13)4;1-4-12(2,3)11(14)13-10-8-6-5-7-9-10;1-4-12(2,3)10-7-5-9(6-8-10)11(13)14;1-4-12(2,3)11(13)14-10-8-6-5-7-9-10/h8-13H,7H2,1-6H3;5-6,8,10,14H,4,7,9,11H2,1-3H3;7-8,16H,6,9H2,1-5H3;5-9H,4H2,1-3H3,(H,13,14);5-8H,4H2,1-3H3,(H,13,14);5-9H,4H2,1-3H3. The summed E-state index contributed by atoms with van der Waals surface area (Å²) in [6.07, 6.45) is 7.69. The van der Waals surface area contributed by atoms with Gasteiger partial charge in [-0.25, -0.2) is 4.79 Å². The maximum Gasteiger partial charge on any atom is 0.335 e. The zero-order valence-electron chi connectivity index (χ0n) is 63.1. The average Bonchev–Trinajstić information content (AvgIpc) is 0.852. The number of nitrogens with one attached hydrogen (secondary N) is 1.